The third-order valence-corrected chi connectivity index (χ3v) is 8.83. The molecule has 3 saturated carbocycles. The molecule has 0 aliphatic heterocycles. The number of ether oxygens (including phenoxy) is 1. The van der Waals surface area contributed by atoms with E-state index in [-0.39, 0.29) is 12.0 Å². The minimum Gasteiger partial charge on any atom is -0.489 e. The normalized spacial score (nSPS) is 31.8. The van der Waals surface area contributed by atoms with E-state index in [1.807, 2.05) is 24.3 Å². The van der Waals surface area contributed by atoms with E-state index < -0.39 is 5.97 Å². The molecule has 2 atom stereocenters. The molecule has 3 fully saturated rings. The van der Waals surface area contributed by atoms with E-state index in [9.17, 15) is 9.90 Å². The summed E-state index contributed by atoms with van der Waals surface area (Å²) in [5.74, 6) is 2.41. The van der Waals surface area contributed by atoms with Gasteiger partial charge in [-0.2, -0.15) is 0 Å². The number of carbonyl (C=O) groups is 1. The quantitative estimate of drug-likeness (QED) is 0.479. The molecule has 2 aromatic rings. The number of hydrogen-bond donors (Lipinski definition) is 2. The first kappa shape index (κ1) is 22.8. The van der Waals surface area contributed by atoms with Crippen molar-refractivity contribution < 1.29 is 14.6 Å². The summed E-state index contributed by atoms with van der Waals surface area (Å²) in [6, 6.07) is 8.30. The molecule has 2 bridgehead atoms. The molecule has 2 N–H and O–H groups in total. The Bertz CT molecular complexity index is 990. The van der Waals surface area contributed by atoms with Gasteiger partial charge in [0.2, 0.25) is 0 Å². The zero-order valence-electron chi connectivity index (χ0n) is 19.4. The Morgan fingerprint density at radius 2 is 1.82 bits per heavy atom. The zero-order chi connectivity index (χ0) is 22.9. The zero-order valence-corrected chi connectivity index (χ0v) is 20.2. The third-order valence-electron chi connectivity index (χ3n) is 8.44. The second-order valence-corrected chi connectivity index (χ2v) is 10.8. The molecular weight excluding hydrogens is 436 g/mol. The molecule has 0 radical (unpaired) electrons. The fraction of sp³-hybridized carbons (Fsp3) is 0.630. The van der Waals surface area contributed by atoms with E-state index >= 15 is 0 Å². The first-order valence-corrected chi connectivity index (χ1v) is 13.1. The number of anilines is 1. The molecule has 178 valence electrons. The van der Waals surface area contributed by atoms with Crippen LogP contribution in [0.25, 0.3) is 10.9 Å². The predicted octanol–water partition coefficient (Wildman–Crippen LogP) is 6.93. The van der Waals surface area contributed by atoms with Crippen LogP contribution in [0.15, 0.2) is 24.3 Å². The maximum atomic E-state index is 11.6. The average Bonchev–Trinajstić information content (AvgIpc) is 2.81. The van der Waals surface area contributed by atoms with Gasteiger partial charge in [-0.25, -0.2) is 4.98 Å². The highest BCUT2D eigenvalue weighted by molar-refractivity contribution is 6.36. The van der Waals surface area contributed by atoms with Gasteiger partial charge in [0.25, 0.3) is 0 Å². The van der Waals surface area contributed by atoms with Crippen molar-refractivity contribution in [2.45, 2.75) is 83.3 Å². The number of aromatic nitrogens is 1. The van der Waals surface area contributed by atoms with Crippen LogP contribution in [0, 0.1) is 23.7 Å². The molecule has 3 aliphatic carbocycles. The lowest BCUT2D eigenvalue weighted by molar-refractivity contribution is -0.144. The van der Waals surface area contributed by atoms with Crippen LogP contribution in [0.5, 0.6) is 5.75 Å². The van der Waals surface area contributed by atoms with Crippen molar-refractivity contribution in [3.63, 3.8) is 0 Å². The van der Waals surface area contributed by atoms with Crippen molar-refractivity contribution in [3.8, 4) is 5.75 Å². The second-order valence-electron chi connectivity index (χ2n) is 10.4. The summed E-state index contributed by atoms with van der Waals surface area (Å²) >= 11 is 6.74. The van der Waals surface area contributed by atoms with Gasteiger partial charge >= 0.3 is 5.97 Å². The second kappa shape index (κ2) is 9.69. The summed E-state index contributed by atoms with van der Waals surface area (Å²) in [6.07, 6.45) is 11.1. The Balaban J connectivity index is 1.29. The number of carboxylic acid groups (broad SMARTS) is 1. The number of benzene rings is 1. The Hall–Kier alpha value is -2.01. The van der Waals surface area contributed by atoms with E-state index in [2.05, 4.69) is 12.2 Å². The number of nitrogens with zero attached hydrogens (tertiary/aromatic N) is 1. The van der Waals surface area contributed by atoms with E-state index in [4.69, 9.17) is 21.3 Å². The maximum absolute atomic E-state index is 11.6. The number of carboxylic acids is 1. The molecule has 5 rings (SSSR count). The van der Waals surface area contributed by atoms with Crippen molar-refractivity contribution in [2.24, 2.45) is 23.7 Å². The number of pyridine rings is 1. The fourth-order valence-electron chi connectivity index (χ4n) is 6.51. The summed E-state index contributed by atoms with van der Waals surface area (Å²) < 4.78 is 6.30. The van der Waals surface area contributed by atoms with Gasteiger partial charge in [-0.15, -0.1) is 0 Å². The van der Waals surface area contributed by atoms with E-state index in [1.165, 1.54) is 25.7 Å². The van der Waals surface area contributed by atoms with Crippen LogP contribution in [-0.4, -0.2) is 28.2 Å². The smallest absolute Gasteiger partial charge is 0.306 e. The molecule has 33 heavy (non-hydrogen) atoms. The third kappa shape index (κ3) is 4.80. The Morgan fingerprint density at radius 1 is 1.09 bits per heavy atom. The summed E-state index contributed by atoms with van der Waals surface area (Å²) in [4.78, 5) is 16.4. The Morgan fingerprint density at radius 3 is 2.48 bits per heavy atom. The molecule has 6 heteroatoms. The number of halogens is 1. The highest BCUT2D eigenvalue weighted by atomic mass is 35.5. The van der Waals surface area contributed by atoms with Gasteiger partial charge in [0, 0.05) is 11.4 Å². The highest BCUT2D eigenvalue weighted by Crippen LogP contribution is 2.44. The molecule has 2 unspecified atom stereocenters. The van der Waals surface area contributed by atoms with Crippen LogP contribution in [0.1, 0.15) is 71.1 Å². The fourth-order valence-corrected chi connectivity index (χ4v) is 6.77. The van der Waals surface area contributed by atoms with Crippen LogP contribution in [0.4, 0.5) is 5.82 Å². The predicted molar refractivity (Wildman–Crippen MR) is 132 cm³/mol. The number of rotatable bonds is 6. The van der Waals surface area contributed by atoms with Gasteiger partial charge in [0.1, 0.15) is 11.6 Å². The lowest BCUT2D eigenvalue weighted by atomic mass is 9.64. The largest absolute Gasteiger partial charge is 0.489 e. The van der Waals surface area contributed by atoms with E-state index in [1.54, 1.807) is 0 Å². The molecule has 3 aliphatic rings. The molecule has 5 nitrogen and oxygen atoms in total. The van der Waals surface area contributed by atoms with Gasteiger partial charge in [-0.05, 0) is 93.4 Å². The molecule has 0 saturated heterocycles. The topological polar surface area (TPSA) is 71.5 Å². The number of hydrogen-bond acceptors (Lipinski definition) is 4. The van der Waals surface area contributed by atoms with Crippen molar-refractivity contribution >= 4 is 34.3 Å². The van der Waals surface area contributed by atoms with Crippen molar-refractivity contribution in [3.05, 3.63) is 29.3 Å². The lowest BCUT2D eigenvalue weighted by Crippen LogP contribution is -2.46. The van der Waals surface area contributed by atoms with Gasteiger partial charge in [-0.3, -0.25) is 4.79 Å². The van der Waals surface area contributed by atoms with Crippen LogP contribution >= 0.6 is 11.6 Å². The standard InChI is InChI=1S/C27H35ClN2O3/c1-2-16-6-8-20(9-7-16)33-23-12-11-22-21(25(23)28)10-13-24(29-22)30-26-17-4-3-5-18(26)15-19(14-17)27(31)32/h10-13,16-20,26H,2-9,14-15H2,1H3,(H,29,30)(H,31,32)/t16-,17?,18?,19?,20+,26?. The van der Waals surface area contributed by atoms with Crippen molar-refractivity contribution in [1.29, 1.82) is 0 Å². The summed E-state index contributed by atoms with van der Waals surface area (Å²) in [7, 11) is 0. The first-order valence-electron chi connectivity index (χ1n) is 12.8. The summed E-state index contributed by atoms with van der Waals surface area (Å²) in [5, 5.41) is 14.7. The van der Waals surface area contributed by atoms with Gasteiger partial charge in [0.05, 0.1) is 22.6 Å². The maximum Gasteiger partial charge on any atom is 0.306 e. The lowest BCUT2D eigenvalue weighted by Gasteiger charge is -2.45. The Kier molecular flexibility index (Phi) is 6.69. The minimum absolute atomic E-state index is 0.197. The van der Waals surface area contributed by atoms with Crippen LogP contribution in [0.2, 0.25) is 5.02 Å². The van der Waals surface area contributed by atoms with E-state index in [0.29, 0.717) is 22.9 Å². The van der Waals surface area contributed by atoms with Crippen LogP contribution in [-0.2, 0) is 4.79 Å². The van der Waals surface area contributed by atoms with Crippen molar-refractivity contribution in [1.82, 2.24) is 4.98 Å². The first-order chi connectivity index (χ1) is 16.0. The van der Waals surface area contributed by atoms with E-state index in [0.717, 1.165) is 66.9 Å². The summed E-state index contributed by atoms with van der Waals surface area (Å²) in [5.41, 5.74) is 0.858. The molecule has 0 amide bonds. The molecule has 1 heterocycles. The van der Waals surface area contributed by atoms with Gasteiger partial charge in [0.15, 0.2) is 0 Å². The SMILES string of the molecule is CC[C@H]1CC[C@@H](Oc2ccc3nc(NC4C5CCCC4CC(C(=O)O)C5)ccc3c2Cl)CC1. The molecule has 1 aromatic carbocycles. The molecular formula is C27H35ClN2O3. The molecule has 0 spiro atoms. The highest BCUT2D eigenvalue weighted by Gasteiger charge is 2.42. The Labute approximate surface area is 201 Å². The number of fused-ring (bicyclic) bond motifs is 3. The van der Waals surface area contributed by atoms with Gasteiger partial charge in [-0.1, -0.05) is 31.4 Å². The number of nitrogens with one attached hydrogen (secondary N) is 1. The van der Waals surface area contributed by atoms with Crippen LogP contribution in [0.3, 0.4) is 0 Å². The van der Waals surface area contributed by atoms with Crippen molar-refractivity contribution in [2.75, 3.05) is 5.32 Å². The minimum atomic E-state index is -0.639. The monoisotopic (exact) mass is 470 g/mol. The van der Waals surface area contributed by atoms with Gasteiger partial charge < -0.3 is 15.2 Å². The average molecular weight is 471 g/mol. The summed E-state index contributed by atoms with van der Waals surface area (Å²) in [6.45, 7) is 2.27. The molecule has 1 aromatic heterocycles. The van der Waals surface area contributed by atoms with Crippen LogP contribution < -0.4 is 10.1 Å². The number of aliphatic carboxylic acids is 1.